The quantitative estimate of drug-likeness (QED) is 0.784. The van der Waals surface area contributed by atoms with E-state index in [0.29, 0.717) is 5.69 Å². The summed E-state index contributed by atoms with van der Waals surface area (Å²) < 4.78 is 1.67. The van der Waals surface area contributed by atoms with E-state index in [1.165, 1.54) is 0 Å². The van der Waals surface area contributed by atoms with Crippen LogP contribution in [0.25, 0.3) is 0 Å². The summed E-state index contributed by atoms with van der Waals surface area (Å²) in [7, 11) is 0. The topological polar surface area (TPSA) is 60.9 Å². The van der Waals surface area contributed by atoms with E-state index in [0.717, 1.165) is 5.75 Å². The molecular weight excluding hydrogens is 186 g/mol. The summed E-state index contributed by atoms with van der Waals surface area (Å²) in [6.07, 6.45) is 3.61. The first-order valence-electron chi connectivity index (χ1n) is 3.99. The maximum atomic E-state index is 10.9. The van der Waals surface area contributed by atoms with Crippen molar-refractivity contribution in [2.45, 2.75) is 13.0 Å². The van der Waals surface area contributed by atoms with E-state index < -0.39 is 5.91 Å². The fourth-order valence-electron chi connectivity index (χ4n) is 1.17. The number of carbonyl (C=O) groups is 1. The molecule has 1 rings (SSSR count). The second-order valence-corrected chi connectivity index (χ2v) is 3.74. The van der Waals surface area contributed by atoms with Crippen LogP contribution in [0.1, 0.15) is 23.5 Å². The standard InChI is InChI=1S/C8H13N3OS/c1-6(5-13-2)11-7(8(9)12)3-4-10-11/h3-4,6H,5H2,1-2H3,(H2,9,12). The fraction of sp³-hybridized carbons (Fsp3) is 0.500. The second-order valence-electron chi connectivity index (χ2n) is 2.83. The lowest BCUT2D eigenvalue weighted by atomic mass is 10.3. The van der Waals surface area contributed by atoms with Crippen LogP contribution in [0, 0.1) is 0 Å². The molecule has 1 aromatic heterocycles. The Hall–Kier alpha value is -0.970. The Balaban J connectivity index is 2.86. The van der Waals surface area contributed by atoms with E-state index in [1.54, 1.807) is 28.7 Å². The van der Waals surface area contributed by atoms with Gasteiger partial charge in [0.15, 0.2) is 0 Å². The number of hydrogen-bond acceptors (Lipinski definition) is 3. The van der Waals surface area contributed by atoms with Crippen LogP contribution < -0.4 is 5.73 Å². The molecule has 1 heterocycles. The van der Waals surface area contributed by atoms with Crippen LogP contribution in [-0.4, -0.2) is 27.7 Å². The number of hydrogen-bond donors (Lipinski definition) is 1. The van der Waals surface area contributed by atoms with Crippen molar-refractivity contribution in [3.63, 3.8) is 0 Å². The van der Waals surface area contributed by atoms with Crippen LogP contribution in [0.5, 0.6) is 0 Å². The number of amides is 1. The molecule has 72 valence electrons. The molecule has 0 saturated carbocycles. The van der Waals surface area contributed by atoms with E-state index in [9.17, 15) is 4.79 Å². The molecule has 0 saturated heterocycles. The first kappa shape index (κ1) is 10.1. The monoisotopic (exact) mass is 199 g/mol. The Bertz CT molecular complexity index is 297. The molecule has 0 radical (unpaired) electrons. The van der Waals surface area contributed by atoms with Crippen LogP contribution >= 0.6 is 11.8 Å². The Morgan fingerprint density at radius 3 is 3.08 bits per heavy atom. The van der Waals surface area contributed by atoms with Gasteiger partial charge in [-0.05, 0) is 19.2 Å². The lowest BCUT2D eigenvalue weighted by molar-refractivity contribution is 0.0988. The molecule has 0 aromatic carbocycles. The van der Waals surface area contributed by atoms with Crippen molar-refractivity contribution in [3.05, 3.63) is 18.0 Å². The molecule has 0 fully saturated rings. The Labute approximate surface area is 81.5 Å². The molecule has 0 aliphatic carbocycles. The third-order valence-electron chi connectivity index (χ3n) is 1.75. The zero-order valence-corrected chi connectivity index (χ0v) is 8.54. The molecule has 1 unspecified atom stereocenters. The van der Waals surface area contributed by atoms with Gasteiger partial charge in [0.05, 0.1) is 6.04 Å². The van der Waals surface area contributed by atoms with Crippen molar-refractivity contribution >= 4 is 17.7 Å². The maximum absolute atomic E-state index is 10.9. The lowest BCUT2D eigenvalue weighted by Gasteiger charge is -2.12. The van der Waals surface area contributed by atoms with Crippen molar-refractivity contribution in [1.82, 2.24) is 9.78 Å². The van der Waals surface area contributed by atoms with Crippen molar-refractivity contribution in [2.75, 3.05) is 12.0 Å². The fourth-order valence-corrected chi connectivity index (χ4v) is 1.80. The average Bonchev–Trinajstić information content (AvgIpc) is 2.52. The number of nitrogens with two attached hydrogens (primary N) is 1. The number of thioether (sulfide) groups is 1. The zero-order valence-electron chi connectivity index (χ0n) is 7.73. The molecule has 4 nitrogen and oxygen atoms in total. The van der Waals surface area contributed by atoms with E-state index in [4.69, 9.17) is 5.73 Å². The van der Waals surface area contributed by atoms with Gasteiger partial charge in [0.1, 0.15) is 5.69 Å². The number of rotatable bonds is 4. The minimum atomic E-state index is -0.426. The maximum Gasteiger partial charge on any atom is 0.266 e. The van der Waals surface area contributed by atoms with Crippen molar-refractivity contribution < 1.29 is 4.79 Å². The van der Waals surface area contributed by atoms with E-state index in [-0.39, 0.29) is 6.04 Å². The highest BCUT2D eigenvalue weighted by Crippen LogP contribution is 2.12. The molecular formula is C8H13N3OS. The molecule has 1 atom stereocenters. The number of nitrogens with zero attached hydrogens (tertiary/aromatic N) is 2. The Morgan fingerprint density at radius 2 is 2.54 bits per heavy atom. The van der Waals surface area contributed by atoms with Crippen LogP contribution in [0.2, 0.25) is 0 Å². The predicted molar refractivity (Wildman–Crippen MR) is 53.8 cm³/mol. The molecule has 1 aromatic rings. The van der Waals surface area contributed by atoms with Gasteiger partial charge in [0.2, 0.25) is 0 Å². The molecule has 0 bridgehead atoms. The van der Waals surface area contributed by atoms with Gasteiger partial charge in [-0.15, -0.1) is 0 Å². The molecule has 0 aliphatic rings. The van der Waals surface area contributed by atoms with Crippen LogP contribution in [0.3, 0.4) is 0 Å². The minimum absolute atomic E-state index is 0.201. The molecule has 0 spiro atoms. The van der Waals surface area contributed by atoms with Crippen LogP contribution in [-0.2, 0) is 0 Å². The lowest BCUT2D eigenvalue weighted by Crippen LogP contribution is -2.21. The average molecular weight is 199 g/mol. The van der Waals surface area contributed by atoms with E-state index >= 15 is 0 Å². The normalized spacial score (nSPS) is 12.8. The van der Waals surface area contributed by atoms with Gasteiger partial charge in [-0.25, -0.2) is 0 Å². The molecule has 2 N–H and O–H groups in total. The smallest absolute Gasteiger partial charge is 0.266 e. The summed E-state index contributed by atoms with van der Waals surface area (Å²) in [4.78, 5) is 10.9. The van der Waals surface area contributed by atoms with Crippen LogP contribution in [0.15, 0.2) is 12.3 Å². The SMILES string of the molecule is CSCC(C)n1nccc1C(N)=O. The summed E-state index contributed by atoms with van der Waals surface area (Å²) in [5.41, 5.74) is 5.66. The third kappa shape index (κ3) is 2.24. The van der Waals surface area contributed by atoms with Crippen LogP contribution in [0.4, 0.5) is 0 Å². The third-order valence-corrected chi connectivity index (χ3v) is 2.56. The largest absolute Gasteiger partial charge is 0.364 e. The van der Waals surface area contributed by atoms with Gasteiger partial charge in [-0.3, -0.25) is 9.48 Å². The van der Waals surface area contributed by atoms with Crippen molar-refractivity contribution in [3.8, 4) is 0 Å². The van der Waals surface area contributed by atoms with Gasteiger partial charge in [-0.2, -0.15) is 16.9 Å². The predicted octanol–water partition coefficient (Wildman–Crippen LogP) is 0.906. The Kier molecular flexibility index (Phi) is 3.36. The molecule has 5 heteroatoms. The van der Waals surface area contributed by atoms with Gasteiger partial charge in [-0.1, -0.05) is 0 Å². The Morgan fingerprint density at radius 1 is 1.85 bits per heavy atom. The number of primary amides is 1. The highest BCUT2D eigenvalue weighted by atomic mass is 32.2. The summed E-state index contributed by atoms with van der Waals surface area (Å²) in [6, 6.07) is 1.84. The van der Waals surface area contributed by atoms with Gasteiger partial charge < -0.3 is 5.73 Å². The number of carbonyl (C=O) groups excluding carboxylic acids is 1. The summed E-state index contributed by atoms with van der Waals surface area (Å²) in [5, 5.41) is 4.06. The summed E-state index contributed by atoms with van der Waals surface area (Å²) >= 11 is 1.72. The number of aromatic nitrogens is 2. The van der Waals surface area contributed by atoms with Crippen molar-refractivity contribution in [2.24, 2.45) is 5.73 Å². The van der Waals surface area contributed by atoms with Crippen molar-refractivity contribution in [1.29, 1.82) is 0 Å². The summed E-state index contributed by atoms with van der Waals surface area (Å²) in [6.45, 7) is 2.01. The van der Waals surface area contributed by atoms with Gasteiger partial charge in [0, 0.05) is 11.9 Å². The zero-order chi connectivity index (χ0) is 9.84. The highest BCUT2D eigenvalue weighted by Gasteiger charge is 2.12. The second kappa shape index (κ2) is 4.32. The van der Waals surface area contributed by atoms with E-state index in [2.05, 4.69) is 5.10 Å². The first-order valence-corrected chi connectivity index (χ1v) is 5.38. The molecule has 1 amide bonds. The van der Waals surface area contributed by atoms with E-state index in [1.807, 2.05) is 13.2 Å². The molecule has 13 heavy (non-hydrogen) atoms. The minimum Gasteiger partial charge on any atom is -0.364 e. The molecule has 0 aliphatic heterocycles. The van der Waals surface area contributed by atoms with Gasteiger partial charge in [0.25, 0.3) is 5.91 Å². The highest BCUT2D eigenvalue weighted by molar-refractivity contribution is 7.98. The summed E-state index contributed by atoms with van der Waals surface area (Å²) in [5.74, 6) is 0.493. The van der Waals surface area contributed by atoms with Gasteiger partial charge >= 0.3 is 0 Å². The first-order chi connectivity index (χ1) is 6.16.